The van der Waals surface area contributed by atoms with Gasteiger partial charge in [-0.2, -0.15) is 0 Å². The lowest BCUT2D eigenvalue weighted by molar-refractivity contribution is -0.509. The van der Waals surface area contributed by atoms with Crippen LogP contribution in [0.2, 0.25) is 0 Å². The Labute approximate surface area is 189 Å². The van der Waals surface area contributed by atoms with E-state index in [2.05, 4.69) is 78.6 Å². The first kappa shape index (κ1) is 20.7. The number of hydrogen-bond donors (Lipinski definition) is 2. The van der Waals surface area contributed by atoms with Crippen LogP contribution in [0.3, 0.4) is 0 Å². The molecule has 162 valence electrons. The fourth-order valence-corrected chi connectivity index (χ4v) is 4.48. The van der Waals surface area contributed by atoms with E-state index in [4.69, 9.17) is 9.97 Å². The number of nitrogens with zero attached hydrogens (tertiary/aromatic N) is 2. The van der Waals surface area contributed by atoms with Gasteiger partial charge in [0.05, 0.1) is 16.7 Å². The first-order valence-electron chi connectivity index (χ1n) is 11.7. The normalized spacial score (nSPS) is 14.8. The quantitative estimate of drug-likeness (QED) is 0.369. The molecular formula is C28H31N4+. The van der Waals surface area contributed by atoms with Gasteiger partial charge in [-0.05, 0) is 36.6 Å². The van der Waals surface area contributed by atoms with Crippen LogP contribution in [0.25, 0.3) is 33.4 Å². The molecular weight excluding hydrogens is 392 g/mol. The fourth-order valence-electron chi connectivity index (χ4n) is 4.48. The van der Waals surface area contributed by atoms with Crippen molar-refractivity contribution in [2.75, 3.05) is 11.9 Å². The summed E-state index contributed by atoms with van der Waals surface area (Å²) >= 11 is 0. The number of fused-ring (bicyclic) bond motifs is 1. The molecule has 4 aromatic rings. The topological polar surface area (TPSA) is 65.5 Å². The molecule has 2 aromatic carbocycles. The first-order valence-corrected chi connectivity index (χ1v) is 11.7. The lowest BCUT2D eigenvalue weighted by Crippen LogP contribution is -2.73. The highest BCUT2D eigenvalue weighted by atomic mass is 15.0. The number of aromatic nitrogens is 2. The van der Waals surface area contributed by atoms with Gasteiger partial charge in [0.1, 0.15) is 11.4 Å². The van der Waals surface area contributed by atoms with Crippen LogP contribution in [-0.4, -0.2) is 16.5 Å². The van der Waals surface area contributed by atoms with Crippen molar-refractivity contribution in [1.82, 2.24) is 9.97 Å². The molecule has 0 saturated heterocycles. The second-order valence-electron chi connectivity index (χ2n) is 8.98. The summed E-state index contributed by atoms with van der Waals surface area (Å²) < 4.78 is 0. The molecule has 32 heavy (non-hydrogen) atoms. The third-order valence-electron chi connectivity index (χ3n) is 6.67. The van der Waals surface area contributed by atoms with E-state index in [-0.39, 0.29) is 5.54 Å². The molecule has 1 aliphatic carbocycles. The number of nitrogens with one attached hydrogen (secondary N) is 1. The molecule has 0 bridgehead atoms. The Bertz CT molecular complexity index is 1210. The standard InChI is InChI=1S/C28H30N4/c1-2-3-18-30-26-15-14-24-25(31-26)19-23(20-8-5-4-6-9-20)27(32-24)21-10-12-22(13-11-21)28(29)16-7-17-28/h4-6,8-15,19H,2-3,7,16-18,29H2,1H3,(H,30,31)/p+1. The van der Waals surface area contributed by atoms with Crippen molar-refractivity contribution in [1.29, 1.82) is 0 Å². The second-order valence-corrected chi connectivity index (χ2v) is 8.98. The maximum absolute atomic E-state index is 5.08. The Morgan fingerprint density at radius 2 is 1.66 bits per heavy atom. The highest BCUT2D eigenvalue weighted by Crippen LogP contribution is 2.38. The molecule has 1 saturated carbocycles. The maximum atomic E-state index is 5.08. The van der Waals surface area contributed by atoms with Crippen molar-refractivity contribution in [2.45, 2.75) is 44.6 Å². The lowest BCUT2D eigenvalue weighted by atomic mass is 9.72. The van der Waals surface area contributed by atoms with Crippen molar-refractivity contribution in [2.24, 2.45) is 0 Å². The van der Waals surface area contributed by atoms with Crippen LogP contribution in [0, 0.1) is 0 Å². The minimum absolute atomic E-state index is 0.0999. The van der Waals surface area contributed by atoms with Gasteiger partial charge in [0.2, 0.25) is 0 Å². The molecule has 0 atom stereocenters. The summed E-state index contributed by atoms with van der Waals surface area (Å²) in [5.41, 5.74) is 12.1. The van der Waals surface area contributed by atoms with Gasteiger partial charge in [0, 0.05) is 36.1 Å². The predicted octanol–water partition coefficient (Wildman–Crippen LogP) is 5.80. The molecule has 1 fully saturated rings. The summed E-state index contributed by atoms with van der Waals surface area (Å²) in [5, 5.41) is 3.43. The third-order valence-corrected chi connectivity index (χ3v) is 6.67. The molecule has 2 heterocycles. The van der Waals surface area contributed by atoms with Crippen molar-refractivity contribution in [3.8, 4) is 22.4 Å². The van der Waals surface area contributed by atoms with Crippen molar-refractivity contribution in [3.63, 3.8) is 0 Å². The number of pyridine rings is 2. The minimum Gasteiger partial charge on any atom is -0.370 e. The molecule has 0 unspecified atom stereocenters. The van der Waals surface area contributed by atoms with Crippen LogP contribution in [0.5, 0.6) is 0 Å². The number of benzene rings is 2. The van der Waals surface area contributed by atoms with E-state index in [0.29, 0.717) is 0 Å². The number of quaternary nitrogens is 1. The van der Waals surface area contributed by atoms with Gasteiger partial charge in [0.15, 0.2) is 0 Å². The monoisotopic (exact) mass is 423 g/mol. The molecule has 0 spiro atoms. The lowest BCUT2D eigenvalue weighted by Gasteiger charge is -2.34. The molecule has 1 aliphatic rings. The smallest absolute Gasteiger partial charge is 0.126 e. The minimum atomic E-state index is 0.0999. The van der Waals surface area contributed by atoms with Gasteiger partial charge < -0.3 is 11.1 Å². The van der Waals surface area contributed by atoms with Gasteiger partial charge in [0.25, 0.3) is 0 Å². The molecule has 4 N–H and O–H groups in total. The first-order chi connectivity index (χ1) is 15.7. The summed E-state index contributed by atoms with van der Waals surface area (Å²) in [6.45, 7) is 3.13. The van der Waals surface area contributed by atoms with Crippen LogP contribution in [-0.2, 0) is 5.54 Å². The molecule has 0 radical (unpaired) electrons. The van der Waals surface area contributed by atoms with Crippen molar-refractivity contribution < 1.29 is 5.73 Å². The third kappa shape index (κ3) is 3.98. The van der Waals surface area contributed by atoms with Gasteiger partial charge in [-0.3, -0.25) is 0 Å². The Hall–Kier alpha value is -3.24. The van der Waals surface area contributed by atoms with E-state index in [1.54, 1.807) is 0 Å². The SMILES string of the molecule is CCCCNc1ccc2nc(-c3ccc(C4([NH3+])CCC4)cc3)c(-c3ccccc3)cc2n1. The summed E-state index contributed by atoms with van der Waals surface area (Å²) in [7, 11) is 0. The molecule has 4 heteroatoms. The molecule has 0 amide bonds. The van der Waals surface area contributed by atoms with E-state index >= 15 is 0 Å². The average Bonchev–Trinajstić information content (AvgIpc) is 2.82. The van der Waals surface area contributed by atoms with Crippen LogP contribution in [0.1, 0.15) is 44.6 Å². The zero-order valence-electron chi connectivity index (χ0n) is 18.8. The Balaban J connectivity index is 1.58. The van der Waals surface area contributed by atoms with E-state index in [1.807, 2.05) is 12.1 Å². The van der Waals surface area contributed by atoms with Crippen LogP contribution in [0.15, 0.2) is 72.8 Å². The van der Waals surface area contributed by atoms with E-state index in [0.717, 1.165) is 58.6 Å². The van der Waals surface area contributed by atoms with Crippen molar-refractivity contribution in [3.05, 3.63) is 78.4 Å². The van der Waals surface area contributed by atoms with Gasteiger partial charge in [-0.1, -0.05) is 67.9 Å². The number of anilines is 1. The number of hydrogen-bond acceptors (Lipinski definition) is 3. The fraction of sp³-hybridized carbons (Fsp3) is 0.286. The molecule has 0 aliphatic heterocycles. The van der Waals surface area contributed by atoms with E-state index < -0.39 is 0 Å². The van der Waals surface area contributed by atoms with Crippen LogP contribution < -0.4 is 11.1 Å². The number of unbranched alkanes of at least 4 members (excludes halogenated alkanes) is 1. The van der Waals surface area contributed by atoms with Crippen LogP contribution in [0.4, 0.5) is 5.82 Å². The van der Waals surface area contributed by atoms with E-state index in [9.17, 15) is 0 Å². The average molecular weight is 424 g/mol. The summed E-state index contributed by atoms with van der Waals surface area (Å²) in [6, 6.07) is 25.6. The zero-order valence-corrected chi connectivity index (χ0v) is 18.8. The van der Waals surface area contributed by atoms with E-state index in [1.165, 1.54) is 24.8 Å². The Kier molecular flexibility index (Phi) is 5.62. The van der Waals surface area contributed by atoms with Crippen LogP contribution >= 0.6 is 0 Å². The summed E-state index contributed by atoms with van der Waals surface area (Å²) in [6.07, 6.45) is 5.93. The number of rotatable bonds is 7. The largest absolute Gasteiger partial charge is 0.370 e. The van der Waals surface area contributed by atoms with Gasteiger partial charge in [-0.25, -0.2) is 9.97 Å². The summed E-state index contributed by atoms with van der Waals surface area (Å²) in [4.78, 5) is 9.93. The van der Waals surface area contributed by atoms with Gasteiger partial charge in [-0.15, -0.1) is 0 Å². The Morgan fingerprint density at radius 3 is 2.34 bits per heavy atom. The highest BCUT2D eigenvalue weighted by molar-refractivity contribution is 5.90. The molecule has 5 rings (SSSR count). The Morgan fingerprint density at radius 1 is 0.875 bits per heavy atom. The zero-order chi connectivity index (χ0) is 22.0. The second kappa shape index (κ2) is 8.71. The highest BCUT2D eigenvalue weighted by Gasteiger charge is 2.38. The maximum Gasteiger partial charge on any atom is 0.126 e. The summed E-state index contributed by atoms with van der Waals surface area (Å²) in [5.74, 6) is 0.908. The van der Waals surface area contributed by atoms with Gasteiger partial charge >= 0.3 is 0 Å². The van der Waals surface area contributed by atoms with Crippen molar-refractivity contribution >= 4 is 16.9 Å². The molecule has 2 aromatic heterocycles. The molecule has 4 nitrogen and oxygen atoms in total. The predicted molar refractivity (Wildman–Crippen MR) is 132 cm³/mol.